The van der Waals surface area contributed by atoms with E-state index in [9.17, 15) is 4.79 Å². The molecule has 0 radical (unpaired) electrons. The molecule has 124 valence electrons. The van der Waals surface area contributed by atoms with Crippen molar-refractivity contribution in [2.45, 2.75) is 83.0 Å². The van der Waals surface area contributed by atoms with E-state index in [0.717, 1.165) is 23.8 Å². The number of carbonyl (C=O) groups excluding carboxylic acids is 1. The van der Waals surface area contributed by atoms with Gasteiger partial charge in [0.2, 0.25) is 5.91 Å². The van der Waals surface area contributed by atoms with Crippen molar-refractivity contribution in [3.63, 3.8) is 0 Å². The number of hydrogen-bond donors (Lipinski definition) is 1. The van der Waals surface area contributed by atoms with Crippen LogP contribution in [0, 0.1) is 6.92 Å². The van der Waals surface area contributed by atoms with Crippen LogP contribution in [-0.4, -0.2) is 32.5 Å². The van der Waals surface area contributed by atoms with E-state index in [2.05, 4.69) is 33.9 Å². The second kappa shape index (κ2) is 8.56. The predicted molar refractivity (Wildman–Crippen MR) is 90.1 cm³/mol. The van der Waals surface area contributed by atoms with E-state index in [1.807, 2.05) is 6.92 Å². The Balaban J connectivity index is 1.94. The highest BCUT2D eigenvalue weighted by molar-refractivity contribution is 7.99. The molecular formula is C16H28N4OS. The number of carbonyl (C=O) groups is 1. The number of aromatic nitrogens is 3. The summed E-state index contributed by atoms with van der Waals surface area (Å²) in [6, 6.07) is 0.791. The van der Waals surface area contributed by atoms with Crippen molar-refractivity contribution in [2.75, 3.05) is 5.75 Å². The van der Waals surface area contributed by atoms with Gasteiger partial charge in [0.15, 0.2) is 5.16 Å². The third-order valence-electron chi connectivity index (χ3n) is 4.46. The van der Waals surface area contributed by atoms with Gasteiger partial charge in [-0.2, -0.15) is 0 Å². The van der Waals surface area contributed by atoms with Gasteiger partial charge in [-0.05, 0) is 32.6 Å². The van der Waals surface area contributed by atoms with Crippen LogP contribution < -0.4 is 5.32 Å². The molecule has 5 nitrogen and oxygen atoms in total. The largest absolute Gasteiger partial charge is 0.353 e. The number of amides is 1. The SMILES string of the molecule is CCC(CC)NC(=O)CSc1nnc(C)n1C1CCCCC1. The van der Waals surface area contributed by atoms with E-state index in [0.29, 0.717) is 11.8 Å². The van der Waals surface area contributed by atoms with Crippen LogP contribution in [0.2, 0.25) is 0 Å². The smallest absolute Gasteiger partial charge is 0.230 e. The lowest BCUT2D eigenvalue weighted by atomic mass is 9.95. The molecule has 1 amide bonds. The quantitative estimate of drug-likeness (QED) is 0.780. The number of nitrogens with zero attached hydrogens (tertiary/aromatic N) is 3. The van der Waals surface area contributed by atoms with Crippen LogP contribution in [0.3, 0.4) is 0 Å². The van der Waals surface area contributed by atoms with Crippen molar-refractivity contribution in [3.05, 3.63) is 5.82 Å². The first-order chi connectivity index (χ1) is 10.7. The van der Waals surface area contributed by atoms with E-state index >= 15 is 0 Å². The summed E-state index contributed by atoms with van der Waals surface area (Å²) in [6.45, 7) is 6.21. The fourth-order valence-electron chi connectivity index (χ4n) is 3.10. The number of hydrogen-bond acceptors (Lipinski definition) is 4. The Morgan fingerprint density at radius 1 is 1.27 bits per heavy atom. The first-order valence-electron chi connectivity index (χ1n) is 8.49. The van der Waals surface area contributed by atoms with E-state index in [1.165, 1.54) is 43.9 Å². The lowest BCUT2D eigenvalue weighted by Gasteiger charge is -2.25. The Labute approximate surface area is 137 Å². The second-order valence-corrected chi connectivity index (χ2v) is 7.00. The highest BCUT2D eigenvalue weighted by Gasteiger charge is 2.21. The number of thioether (sulfide) groups is 1. The zero-order chi connectivity index (χ0) is 15.9. The molecule has 2 rings (SSSR count). The lowest BCUT2D eigenvalue weighted by molar-refractivity contribution is -0.119. The van der Waals surface area contributed by atoms with Crippen LogP contribution in [0.1, 0.15) is 70.7 Å². The third kappa shape index (κ3) is 4.48. The summed E-state index contributed by atoms with van der Waals surface area (Å²) in [5.41, 5.74) is 0. The average molecular weight is 324 g/mol. The minimum atomic E-state index is 0.0922. The van der Waals surface area contributed by atoms with Gasteiger partial charge in [-0.1, -0.05) is 44.9 Å². The average Bonchev–Trinajstić information content (AvgIpc) is 2.92. The van der Waals surface area contributed by atoms with E-state index in [4.69, 9.17) is 0 Å². The van der Waals surface area contributed by atoms with Gasteiger partial charge in [-0.25, -0.2) is 0 Å². The zero-order valence-corrected chi connectivity index (χ0v) is 14.8. The molecule has 1 N–H and O–H groups in total. The van der Waals surface area contributed by atoms with Gasteiger partial charge in [0.1, 0.15) is 5.82 Å². The van der Waals surface area contributed by atoms with Crippen LogP contribution in [0.4, 0.5) is 0 Å². The molecule has 1 heterocycles. The maximum Gasteiger partial charge on any atom is 0.230 e. The fourth-order valence-corrected chi connectivity index (χ4v) is 3.96. The predicted octanol–water partition coefficient (Wildman–Crippen LogP) is 3.49. The molecule has 1 saturated carbocycles. The summed E-state index contributed by atoms with van der Waals surface area (Å²) < 4.78 is 2.24. The monoisotopic (exact) mass is 324 g/mol. The summed E-state index contributed by atoms with van der Waals surface area (Å²) in [4.78, 5) is 12.0. The third-order valence-corrected chi connectivity index (χ3v) is 5.40. The molecule has 0 spiro atoms. The van der Waals surface area contributed by atoms with Crippen molar-refractivity contribution >= 4 is 17.7 Å². The van der Waals surface area contributed by atoms with Gasteiger partial charge in [0.05, 0.1) is 5.75 Å². The maximum absolute atomic E-state index is 12.0. The summed E-state index contributed by atoms with van der Waals surface area (Å²) in [5, 5.41) is 12.5. The minimum absolute atomic E-state index is 0.0922. The molecular weight excluding hydrogens is 296 g/mol. The van der Waals surface area contributed by atoms with Gasteiger partial charge in [0, 0.05) is 12.1 Å². The summed E-state index contributed by atoms with van der Waals surface area (Å²) in [5.74, 6) is 1.48. The van der Waals surface area contributed by atoms with Gasteiger partial charge >= 0.3 is 0 Å². The standard InChI is InChI=1S/C16H28N4OS/c1-4-13(5-2)17-15(21)11-22-16-19-18-12(3)20(16)14-9-7-6-8-10-14/h13-14H,4-11H2,1-3H3,(H,17,21). The van der Waals surface area contributed by atoms with Gasteiger partial charge in [-0.15, -0.1) is 10.2 Å². The Morgan fingerprint density at radius 2 is 1.95 bits per heavy atom. The Morgan fingerprint density at radius 3 is 2.59 bits per heavy atom. The molecule has 1 aromatic heterocycles. The number of nitrogens with one attached hydrogen (secondary N) is 1. The van der Waals surface area contributed by atoms with E-state index in [-0.39, 0.29) is 11.9 Å². The maximum atomic E-state index is 12.0. The van der Waals surface area contributed by atoms with Crippen LogP contribution in [0.25, 0.3) is 0 Å². The highest BCUT2D eigenvalue weighted by Crippen LogP contribution is 2.32. The van der Waals surface area contributed by atoms with Crippen LogP contribution in [0.15, 0.2) is 5.16 Å². The molecule has 1 fully saturated rings. The van der Waals surface area contributed by atoms with Crippen molar-refractivity contribution in [3.8, 4) is 0 Å². The fraction of sp³-hybridized carbons (Fsp3) is 0.812. The lowest BCUT2D eigenvalue weighted by Crippen LogP contribution is -2.35. The van der Waals surface area contributed by atoms with Gasteiger partial charge in [0.25, 0.3) is 0 Å². The molecule has 1 aliphatic carbocycles. The second-order valence-electron chi connectivity index (χ2n) is 6.06. The van der Waals surface area contributed by atoms with Crippen LogP contribution >= 0.6 is 11.8 Å². The summed E-state index contributed by atoms with van der Waals surface area (Å²) >= 11 is 1.51. The molecule has 0 bridgehead atoms. The first-order valence-corrected chi connectivity index (χ1v) is 9.47. The number of rotatable bonds is 7. The van der Waals surface area contributed by atoms with Crippen molar-refractivity contribution < 1.29 is 4.79 Å². The molecule has 22 heavy (non-hydrogen) atoms. The van der Waals surface area contributed by atoms with E-state index in [1.54, 1.807) is 0 Å². The summed E-state index contributed by atoms with van der Waals surface area (Å²) in [7, 11) is 0. The van der Waals surface area contributed by atoms with Crippen molar-refractivity contribution in [1.82, 2.24) is 20.1 Å². The summed E-state index contributed by atoms with van der Waals surface area (Å²) in [6.07, 6.45) is 8.24. The first kappa shape index (κ1) is 17.3. The zero-order valence-electron chi connectivity index (χ0n) is 14.0. The molecule has 1 aliphatic rings. The van der Waals surface area contributed by atoms with Crippen LogP contribution in [0.5, 0.6) is 0 Å². The molecule has 1 aromatic rings. The molecule has 0 saturated heterocycles. The normalized spacial score (nSPS) is 16.2. The Kier molecular flexibility index (Phi) is 6.73. The molecule has 0 aliphatic heterocycles. The molecule has 6 heteroatoms. The van der Waals surface area contributed by atoms with Gasteiger partial charge < -0.3 is 9.88 Å². The highest BCUT2D eigenvalue weighted by atomic mass is 32.2. The van der Waals surface area contributed by atoms with Crippen LogP contribution in [-0.2, 0) is 4.79 Å². The molecule has 0 atom stereocenters. The Hall–Kier alpha value is -1.04. The number of aryl methyl sites for hydroxylation is 1. The van der Waals surface area contributed by atoms with Crippen molar-refractivity contribution in [2.24, 2.45) is 0 Å². The molecule has 0 unspecified atom stereocenters. The molecule has 0 aromatic carbocycles. The van der Waals surface area contributed by atoms with Crippen molar-refractivity contribution in [1.29, 1.82) is 0 Å². The van der Waals surface area contributed by atoms with Gasteiger partial charge in [-0.3, -0.25) is 4.79 Å². The van der Waals surface area contributed by atoms with E-state index < -0.39 is 0 Å². The minimum Gasteiger partial charge on any atom is -0.353 e. The topological polar surface area (TPSA) is 59.8 Å². The Bertz CT molecular complexity index is 478.